The molecule has 1 unspecified atom stereocenters. The Bertz CT molecular complexity index is 377. The second kappa shape index (κ2) is 5.31. The summed E-state index contributed by atoms with van der Waals surface area (Å²) in [5.41, 5.74) is 6.07. The first-order valence-electron chi connectivity index (χ1n) is 6.02. The SMILES string of the molecule is CC(N)CC(C)(C)Cc1ccc(C(F)(F)F)cc1. The van der Waals surface area contributed by atoms with Crippen molar-refractivity contribution in [3.8, 4) is 0 Å². The molecule has 102 valence electrons. The molecule has 1 nitrogen and oxygen atoms in total. The summed E-state index contributed by atoms with van der Waals surface area (Å²) in [6.45, 7) is 6.09. The molecular weight excluding hydrogens is 239 g/mol. The van der Waals surface area contributed by atoms with Gasteiger partial charge < -0.3 is 5.73 Å². The van der Waals surface area contributed by atoms with E-state index in [0.717, 1.165) is 30.5 Å². The molecule has 0 aliphatic rings. The van der Waals surface area contributed by atoms with Crippen LogP contribution < -0.4 is 5.73 Å². The minimum absolute atomic E-state index is 0.00604. The van der Waals surface area contributed by atoms with Gasteiger partial charge in [0, 0.05) is 6.04 Å². The molecule has 0 fully saturated rings. The third-order valence-electron chi connectivity index (χ3n) is 2.84. The lowest BCUT2D eigenvalue weighted by molar-refractivity contribution is -0.137. The molecule has 0 aliphatic carbocycles. The zero-order valence-electron chi connectivity index (χ0n) is 11.0. The average Bonchev–Trinajstić information content (AvgIpc) is 2.13. The van der Waals surface area contributed by atoms with E-state index >= 15 is 0 Å². The van der Waals surface area contributed by atoms with E-state index in [0.29, 0.717) is 0 Å². The maximum absolute atomic E-state index is 12.4. The third kappa shape index (κ3) is 4.69. The van der Waals surface area contributed by atoms with Crippen molar-refractivity contribution in [2.24, 2.45) is 11.1 Å². The van der Waals surface area contributed by atoms with Crippen molar-refractivity contribution >= 4 is 0 Å². The second-order valence-electron chi connectivity index (χ2n) is 5.72. The van der Waals surface area contributed by atoms with Crippen molar-refractivity contribution in [2.75, 3.05) is 0 Å². The van der Waals surface area contributed by atoms with E-state index in [4.69, 9.17) is 5.73 Å². The van der Waals surface area contributed by atoms with Crippen molar-refractivity contribution < 1.29 is 13.2 Å². The standard InChI is InChI=1S/C14H20F3N/c1-10(18)8-13(2,3)9-11-4-6-12(7-5-11)14(15,16)17/h4-7,10H,8-9,18H2,1-3H3. The van der Waals surface area contributed by atoms with E-state index in [2.05, 4.69) is 13.8 Å². The Balaban J connectivity index is 2.75. The number of nitrogens with two attached hydrogens (primary N) is 1. The molecule has 4 heteroatoms. The lowest BCUT2D eigenvalue weighted by Gasteiger charge is -2.26. The molecule has 1 atom stereocenters. The van der Waals surface area contributed by atoms with E-state index in [9.17, 15) is 13.2 Å². The van der Waals surface area contributed by atoms with Crippen LogP contribution in [0.5, 0.6) is 0 Å². The normalized spacial score (nSPS) is 14.6. The molecular formula is C14H20F3N. The van der Waals surface area contributed by atoms with E-state index in [1.807, 2.05) is 6.92 Å². The summed E-state index contributed by atoms with van der Waals surface area (Å²) >= 11 is 0. The minimum Gasteiger partial charge on any atom is -0.328 e. The summed E-state index contributed by atoms with van der Waals surface area (Å²) in [6, 6.07) is 5.46. The first kappa shape index (κ1) is 15.0. The Kier molecular flexibility index (Phi) is 4.43. The highest BCUT2D eigenvalue weighted by molar-refractivity contribution is 5.25. The second-order valence-corrected chi connectivity index (χ2v) is 5.72. The summed E-state index contributed by atoms with van der Waals surface area (Å²) in [4.78, 5) is 0. The fourth-order valence-electron chi connectivity index (χ4n) is 2.31. The van der Waals surface area contributed by atoms with Crippen molar-refractivity contribution in [2.45, 2.75) is 45.8 Å². The Morgan fingerprint density at radius 1 is 1.11 bits per heavy atom. The number of hydrogen-bond acceptors (Lipinski definition) is 1. The van der Waals surface area contributed by atoms with E-state index < -0.39 is 11.7 Å². The molecule has 2 N–H and O–H groups in total. The zero-order valence-corrected chi connectivity index (χ0v) is 11.0. The van der Waals surface area contributed by atoms with Crippen LogP contribution in [0.1, 0.15) is 38.3 Å². The van der Waals surface area contributed by atoms with Crippen LogP contribution in [0.3, 0.4) is 0 Å². The van der Waals surface area contributed by atoms with Gasteiger partial charge in [0.1, 0.15) is 0 Å². The van der Waals surface area contributed by atoms with Crippen LogP contribution in [0.15, 0.2) is 24.3 Å². The van der Waals surface area contributed by atoms with Gasteiger partial charge in [-0.25, -0.2) is 0 Å². The first-order valence-corrected chi connectivity index (χ1v) is 6.02. The zero-order chi connectivity index (χ0) is 14.0. The molecule has 1 aromatic rings. The average molecular weight is 259 g/mol. The van der Waals surface area contributed by atoms with Gasteiger partial charge in [0.15, 0.2) is 0 Å². The molecule has 0 bridgehead atoms. The lowest BCUT2D eigenvalue weighted by atomic mass is 9.80. The van der Waals surface area contributed by atoms with E-state index in [-0.39, 0.29) is 11.5 Å². The summed E-state index contributed by atoms with van der Waals surface area (Å²) < 4.78 is 37.2. The van der Waals surface area contributed by atoms with Crippen molar-refractivity contribution in [3.63, 3.8) is 0 Å². The summed E-state index contributed by atoms with van der Waals surface area (Å²) in [7, 11) is 0. The molecule has 0 aromatic heterocycles. The highest BCUT2D eigenvalue weighted by atomic mass is 19.4. The maximum Gasteiger partial charge on any atom is 0.416 e. The monoisotopic (exact) mass is 259 g/mol. The van der Waals surface area contributed by atoms with Crippen LogP contribution in [-0.4, -0.2) is 6.04 Å². The number of hydrogen-bond donors (Lipinski definition) is 1. The van der Waals surface area contributed by atoms with Crippen molar-refractivity contribution in [1.29, 1.82) is 0 Å². The van der Waals surface area contributed by atoms with Crippen molar-refractivity contribution in [3.05, 3.63) is 35.4 Å². The van der Waals surface area contributed by atoms with Crippen LogP contribution in [0.4, 0.5) is 13.2 Å². The Hall–Kier alpha value is -1.03. The molecule has 18 heavy (non-hydrogen) atoms. The first-order chi connectivity index (χ1) is 8.10. The number of halogens is 3. The molecule has 0 radical (unpaired) electrons. The number of benzene rings is 1. The molecule has 1 aromatic carbocycles. The Morgan fingerprint density at radius 2 is 1.61 bits per heavy atom. The summed E-state index contributed by atoms with van der Waals surface area (Å²) in [6.07, 6.45) is -2.69. The van der Waals surface area contributed by atoms with Crippen LogP contribution in [0, 0.1) is 5.41 Å². The predicted molar refractivity (Wildman–Crippen MR) is 67.2 cm³/mol. The molecule has 0 heterocycles. The maximum atomic E-state index is 12.4. The van der Waals surface area contributed by atoms with Gasteiger partial charge in [0.25, 0.3) is 0 Å². The van der Waals surface area contributed by atoms with Gasteiger partial charge >= 0.3 is 6.18 Å². The van der Waals surface area contributed by atoms with Crippen LogP contribution in [0.25, 0.3) is 0 Å². The molecule has 0 aliphatic heterocycles. The highest BCUT2D eigenvalue weighted by Crippen LogP contribution is 2.31. The van der Waals surface area contributed by atoms with Gasteiger partial charge in [-0.1, -0.05) is 26.0 Å². The van der Waals surface area contributed by atoms with Crippen LogP contribution >= 0.6 is 0 Å². The number of rotatable bonds is 4. The van der Waals surface area contributed by atoms with Gasteiger partial charge in [0.2, 0.25) is 0 Å². The molecule has 1 rings (SSSR count). The van der Waals surface area contributed by atoms with Crippen molar-refractivity contribution in [1.82, 2.24) is 0 Å². The minimum atomic E-state index is -4.26. The molecule has 0 saturated heterocycles. The number of alkyl halides is 3. The van der Waals surface area contributed by atoms with Gasteiger partial charge in [-0.15, -0.1) is 0 Å². The van der Waals surface area contributed by atoms with E-state index in [1.54, 1.807) is 12.1 Å². The Morgan fingerprint density at radius 3 is 2.00 bits per heavy atom. The third-order valence-corrected chi connectivity index (χ3v) is 2.84. The van der Waals surface area contributed by atoms with Gasteiger partial charge in [-0.05, 0) is 42.9 Å². The fourth-order valence-corrected chi connectivity index (χ4v) is 2.31. The Labute approximate surface area is 106 Å². The molecule has 0 saturated carbocycles. The predicted octanol–water partition coefficient (Wildman–Crippen LogP) is 4.01. The summed E-state index contributed by atoms with van der Waals surface area (Å²) in [5, 5.41) is 0. The fraction of sp³-hybridized carbons (Fsp3) is 0.571. The quantitative estimate of drug-likeness (QED) is 0.868. The topological polar surface area (TPSA) is 26.0 Å². The summed E-state index contributed by atoms with van der Waals surface area (Å²) in [5.74, 6) is 0. The largest absolute Gasteiger partial charge is 0.416 e. The molecule has 0 amide bonds. The van der Waals surface area contributed by atoms with Gasteiger partial charge in [-0.3, -0.25) is 0 Å². The smallest absolute Gasteiger partial charge is 0.328 e. The van der Waals surface area contributed by atoms with Gasteiger partial charge in [0.05, 0.1) is 5.56 Å². The van der Waals surface area contributed by atoms with Crippen LogP contribution in [0.2, 0.25) is 0 Å². The van der Waals surface area contributed by atoms with E-state index in [1.165, 1.54) is 0 Å². The molecule has 0 spiro atoms. The van der Waals surface area contributed by atoms with Crippen LogP contribution in [-0.2, 0) is 12.6 Å². The lowest BCUT2D eigenvalue weighted by Crippen LogP contribution is -2.26. The highest BCUT2D eigenvalue weighted by Gasteiger charge is 2.30. The van der Waals surface area contributed by atoms with Gasteiger partial charge in [-0.2, -0.15) is 13.2 Å².